The van der Waals surface area contributed by atoms with E-state index in [1.54, 1.807) is 29.3 Å². The summed E-state index contributed by atoms with van der Waals surface area (Å²) in [6.07, 6.45) is 6.91. The number of rotatable bonds is 7. The fourth-order valence-electron chi connectivity index (χ4n) is 3.49. The fourth-order valence-corrected chi connectivity index (χ4v) is 3.49. The Bertz CT molecular complexity index is 1100. The van der Waals surface area contributed by atoms with E-state index in [0.29, 0.717) is 24.3 Å². The average molecular weight is 518 g/mol. The molecule has 1 aromatic carbocycles. The number of aromatic nitrogens is 1. The van der Waals surface area contributed by atoms with Crippen LogP contribution >= 0.6 is 0 Å². The molecule has 2 heterocycles. The molecule has 9 heteroatoms. The summed E-state index contributed by atoms with van der Waals surface area (Å²) in [5, 5.41) is 8.66. The number of hydrogen-bond donors (Lipinski definition) is 1. The number of aliphatic carboxylic acids is 1. The zero-order valence-corrected chi connectivity index (χ0v) is 20.3. The SMILES string of the molecule is CC(C)(C)OC(=O)N1CCN(Cc2ccc(C(=O)C=Cc3ccc(C=CC(=O)O)nc3)cc2)CC1.[KH]. The molecule has 1 fully saturated rings. The molecule has 186 valence electrons. The number of ether oxygens (including phenoxy) is 1. The van der Waals surface area contributed by atoms with Gasteiger partial charge in [-0.15, -0.1) is 0 Å². The van der Waals surface area contributed by atoms with Crippen molar-refractivity contribution in [2.24, 2.45) is 0 Å². The number of benzene rings is 1. The van der Waals surface area contributed by atoms with E-state index in [0.717, 1.165) is 36.8 Å². The number of carbonyl (C=O) groups excluding carboxylic acids is 2. The van der Waals surface area contributed by atoms with Crippen molar-refractivity contribution in [2.45, 2.75) is 32.9 Å². The number of nitrogens with zero attached hydrogens (tertiary/aromatic N) is 3. The van der Waals surface area contributed by atoms with Crippen molar-refractivity contribution in [3.05, 3.63) is 77.1 Å². The molecule has 1 aliphatic rings. The number of carbonyl (C=O) groups is 3. The number of piperazine rings is 1. The standard InChI is InChI=1S/C27H31N3O5.K.H/c1-27(2,3)35-26(34)30-16-14-29(15-17-30)19-21-4-8-22(9-5-21)24(31)12-7-20-6-10-23(28-18-20)11-13-25(32)33;;/h4-13,18H,14-17,19H2,1-3H3,(H,32,33);;. The summed E-state index contributed by atoms with van der Waals surface area (Å²) in [5.41, 5.74) is 2.47. The molecule has 0 radical (unpaired) electrons. The maximum absolute atomic E-state index is 12.5. The third-order valence-electron chi connectivity index (χ3n) is 5.30. The van der Waals surface area contributed by atoms with E-state index in [1.165, 1.54) is 12.2 Å². The first-order valence-electron chi connectivity index (χ1n) is 11.5. The van der Waals surface area contributed by atoms with Crippen LogP contribution in [0.3, 0.4) is 0 Å². The zero-order valence-electron chi connectivity index (χ0n) is 20.3. The molecule has 36 heavy (non-hydrogen) atoms. The number of carboxylic acid groups (broad SMARTS) is 1. The van der Waals surface area contributed by atoms with Crippen LogP contribution in [0.25, 0.3) is 12.2 Å². The Hall–Kier alpha value is -2.14. The minimum atomic E-state index is -1.03. The fraction of sp³-hybridized carbons (Fsp3) is 0.333. The van der Waals surface area contributed by atoms with Crippen molar-refractivity contribution < 1.29 is 24.2 Å². The first-order valence-corrected chi connectivity index (χ1v) is 11.5. The van der Waals surface area contributed by atoms with Gasteiger partial charge >= 0.3 is 63.4 Å². The molecule has 0 aliphatic carbocycles. The number of amides is 1. The second kappa shape index (κ2) is 14.0. The van der Waals surface area contributed by atoms with Gasteiger partial charge in [-0.05, 0) is 56.2 Å². The summed E-state index contributed by atoms with van der Waals surface area (Å²) >= 11 is 0. The van der Waals surface area contributed by atoms with E-state index in [4.69, 9.17) is 9.84 Å². The van der Waals surface area contributed by atoms with Gasteiger partial charge in [0.15, 0.2) is 5.78 Å². The van der Waals surface area contributed by atoms with Gasteiger partial charge < -0.3 is 14.7 Å². The van der Waals surface area contributed by atoms with Crippen molar-refractivity contribution in [3.8, 4) is 0 Å². The van der Waals surface area contributed by atoms with Gasteiger partial charge in [-0.25, -0.2) is 9.59 Å². The first kappa shape index (κ1) is 30.1. The van der Waals surface area contributed by atoms with Crippen molar-refractivity contribution in [2.75, 3.05) is 26.2 Å². The van der Waals surface area contributed by atoms with Crippen molar-refractivity contribution in [3.63, 3.8) is 0 Å². The molecule has 0 saturated carbocycles. The van der Waals surface area contributed by atoms with Crippen LogP contribution < -0.4 is 0 Å². The molecule has 0 unspecified atom stereocenters. The van der Waals surface area contributed by atoms with Crippen molar-refractivity contribution >= 4 is 81.4 Å². The van der Waals surface area contributed by atoms with Gasteiger partial charge in [0.1, 0.15) is 5.60 Å². The van der Waals surface area contributed by atoms with E-state index in [9.17, 15) is 14.4 Å². The molecule has 1 N–H and O–H groups in total. The number of ketones is 1. The Morgan fingerprint density at radius 1 is 0.972 bits per heavy atom. The van der Waals surface area contributed by atoms with Crippen LogP contribution in [0.2, 0.25) is 0 Å². The van der Waals surface area contributed by atoms with Crippen LogP contribution in [0.5, 0.6) is 0 Å². The average Bonchev–Trinajstić information content (AvgIpc) is 2.81. The monoisotopic (exact) mass is 517 g/mol. The third kappa shape index (κ3) is 10.1. The Kier molecular flexibility index (Phi) is 11.7. The number of pyridine rings is 1. The molecular formula is C27H32KN3O5. The molecule has 1 aromatic heterocycles. The summed E-state index contributed by atoms with van der Waals surface area (Å²) in [6.45, 7) is 9.13. The van der Waals surface area contributed by atoms with Gasteiger partial charge in [0.25, 0.3) is 0 Å². The molecular weight excluding hydrogens is 485 g/mol. The summed E-state index contributed by atoms with van der Waals surface area (Å²) in [6, 6.07) is 11.0. The molecule has 0 spiro atoms. The van der Waals surface area contributed by atoms with Gasteiger partial charge in [-0.3, -0.25) is 14.7 Å². The maximum atomic E-state index is 12.5. The van der Waals surface area contributed by atoms with Crippen LogP contribution in [0.1, 0.15) is 48.0 Å². The Morgan fingerprint density at radius 2 is 1.64 bits per heavy atom. The van der Waals surface area contributed by atoms with Crippen LogP contribution in [0.15, 0.2) is 54.7 Å². The van der Waals surface area contributed by atoms with Crippen molar-refractivity contribution in [1.82, 2.24) is 14.8 Å². The van der Waals surface area contributed by atoms with Crippen LogP contribution in [0.4, 0.5) is 4.79 Å². The van der Waals surface area contributed by atoms with E-state index in [2.05, 4.69) is 9.88 Å². The first-order chi connectivity index (χ1) is 16.6. The Morgan fingerprint density at radius 3 is 2.19 bits per heavy atom. The molecule has 1 saturated heterocycles. The molecule has 1 amide bonds. The van der Waals surface area contributed by atoms with Gasteiger partial charge in [0.05, 0.1) is 5.69 Å². The predicted molar refractivity (Wildman–Crippen MR) is 141 cm³/mol. The molecule has 3 rings (SSSR count). The summed E-state index contributed by atoms with van der Waals surface area (Å²) in [5.74, 6) is -1.15. The van der Waals surface area contributed by atoms with Gasteiger partial charge in [0, 0.05) is 50.6 Å². The van der Waals surface area contributed by atoms with Crippen molar-refractivity contribution in [1.29, 1.82) is 0 Å². The summed E-state index contributed by atoms with van der Waals surface area (Å²) in [7, 11) is 0. The summed E-state index contributed by atoms with van der Waals surface area (Å²) in [4.78, 5) is 43.5. The normalized spacial score (nSPS) is 14.6. The van der Waals surface area contributed by atoms with E-state index < -0.39 is 11.6 Å². The second-order valence-electron chi connectivity index (χ2n) is 9.33. The summed E-state index contributed by atoms with van der Waals surface area (Å²) < 4.78 is 5.44. The number of hydrogen-bond acceptors (Lipinski definition) is 6. The second-order valence-corrected chi connectivity index (χ2v) is 9.33. The third-order valence-corrected chi connectivity index (χ3v) is 5.30. The number of carboxylic acids is 1. The van der Waals surface area contributed by atoms with Crippen LogP contribution in [-0.2, 0) is 16.1 Å². The molecule has 2 aromatic rings. The van der Waals surface area contributed by atoms with Gasteiger partial charge in [-0.2, -0.15) is 0 Å². The molecule has 0 atom stereocenters. The van der Waals surface area contributed by atoms with E-state index in [1.807, 2.05) is 45.0 Å². The zero-order chi connectivity index (χ0) is 25.4. The quantitative estimate of drug-likeness (QED) is 0.341. The molecule has 8 nitrogen and oxygen atoms in total. The predicted octanol–water partition coefficient (Wildman–Crippen LogP) is 3.48. The minimum absolute atomic E-state index is 0. The molecule has 1 aliphatic heterocycles. The Labute approximate surface area is 254 Å². The Balaban J connectivity index is 0.00000456. The van der Waals surface area contributed by atoms with E-state index >= 15 is 0 Å². The van der Waals surface area contributed by atoms with E-state index in [-0.39, 0.29) is 63.3 Å². The van der Waals surface area contributed by atoms with Gasteiger partial charge in [0.2, 0.25) is 0 Å². The van der Waals surface area contributed by atoms with Gasteiger partial charge in [-0.1, -0.05) is 30.3 Å². The number of allylic oxidation sites excluding steroid dienone is 1. The van der Waals surface area contributed by atoms with Crippen LogP contribution in [0, 0.1) is 0 Å². The molecule has 0 bridgehead atoms. The van der Waals surface area contributed by atoms with Crippen LogP contribution in [-0.4, -0.2) is 121 Å². The topological polar surface area (TPSA) is 100 Å².